The summed E-state index contributed by atoms with van der Waals surface area (Å²) in [5, 5.41) is 13.1. The molecule has 0 bridgehead atoms. The Morgan fingerprint density at radius 1 is 1.12 bits per heavy atom. The molecule has 0 aliphatic heterocycles. The highest BCUT2D eigenvalue weighted by molar-refractivity contribution is 5.92. The van der Waals surface area contributed by atoms with Crippen molar-refractivity contribution in [3.8, 4) is 11.3 Å². The highest BCUT2D eigenvalue weighted by atomic mass is 19.1. The highest BCUT2D eigenvalue weighted by Gasteiger charge is 2.21. The van der Waals surface area contributed by atoms with E-state index in [9.17, 15) is 19.1 Å². The van der Waals surface area contributed by atoms with Crippen LogP contribution in [0.15, 0.2) is 57.7 Å². The first kappa shape index (κ1) is 22.2. The van der Waals surface area contributed by atoms with Crippen LogP contribution in [0.5, 0.6) is 0 Å². The third kappa shape index (κ3) is 4.09. The fourth-order valence-corrected chi connectivity index (χ4v) is 3.94. The fraction of sp³-hybridized carbons (Fsp3) is 0.192. The number of carbonyl (C=O) groups is 1. The molecule has 0 saturated carbocycles. The van der Waals surface area contributed by atoms with Gasteiger partial charge in [0.15, 0.2) is 11.1 Å². The minimum absolute atomic E-state index is 0.0943. The monoisotopic (exact) mass is 446 g/mol. The highest BCUT2D eigenvalue weighted by Crippen LogP contribution is 2.33. The number of hydrogen-bond acceptors (Lipinski definition) is 5. The van der Waals surface area contributed by atoms with Crippen LogP contribution in [0.3, 0.4) is 0 Å². The van der Waals surface area contributed by atoms with Crippen molar-refractivity contribution in [1.82, 2.24) is 4.98 Å². The van der Waals surface area contributed by atoms with Crippen LogP contribution in [0.25, 0.3) is 22.3 Å². The van der Waals surface area contributed by atoms with Crippen LogP contribution >= 0.6 is 0 Å². The second-order valence-corrected chi connectivity index (χ2v) is 8.12. The molecule has 0 aliphatic carbocycles. The van der Waals surface area contributed by atoms with Crippen molar-refractivity contribution in [2.45, 2.75) is 33.7 Å². The summed E-state index contributed by atoms with van der Waals surface area (Å²) >= 11 is 0. The van der Waals surface area contributed by atoms with Gasteiger partial charge < -0.3 is 14.8 Å². The number of nitrogens with zero attached hydrogens (tertiary/aromatic N) is 1. The van der Waals surface area contributed by atoms with Gasteiger partial charge in [0.1, 0.15) is 17.2 Å². The van der Waals surface area contributed by atoms with Crippen molar-refractivity contribution >= 4 is 22.6 Å². The smallest absolute Gasteiger partial charge is 0.356 e. The van der Waals surface area contributed by atoms with Crippen LogP contribution in [0.1, 0.15) is 45.8 Å². The molecular weight excluding hydrogens is 423 g/mol. The second-order valence-electron chi connectivity index (χ2n) is 8.12. The first-order valence-corrected chi connectivity index (χ1v) is 10.5. The zero-order chi connectivity index (χ0) is 23.9. The third-order valence-electron chi connectivity index (χ3n) is 5.59. The number of nitrogens with one attached hydrogen (secondary N) is 1. The van der Waals surface area contributed by atoms with E-state index in [0.717, 1.165) is 5.56 Å². The van der Waals surface area contributed by atoms with E-state index in [1.54, 1.807) is 50.2 Å². The lowest BCUT2D eigenvalue weighted by atomic mass is 9.98. The molecule has 1 unspecified atom stereocenters. The summed E-state index contributed by atoms with van der Waals surface area (Å²) in [4.78, 5) is 29.0. The maximum atomic E-state index is 14.5. The first-order chi connectivity index (χ1) is 15.7. The number of aryl methyl sites for hydroxylation is 2. The number of benzene rings is 2. The SMILES string of the molecule is Cc1cc(C(C)Nc2ccc(C)nc2C(=O)O)c2oc(-c3ccccc3F)c(C)c(=O)c2c1. The number of anilines is 1. The second kappa shape index (κ2) is 8.50. The molecule has 0 saturated heterocycles. The largest absolute Gasteiger partial charge is 0.476 e. The normalized spacial score (nSPS) is 12.0. The number of carboxylic acids is 1. The van der Waals surface area contributed by atoms with Crippen molar-refractivity contribution < 1.29 is 18.7 Å². The van der Waals surface area contributed by atoms with Gasteiger partial charge >= 0.3 is 5.97 Å². The number of carboxylic acid groups (broad SMARTS) is 1. The summed E-state index contributed by atoms with van der Waals surface area (Å²) in [5.74, 6) is -1.46. The molecule has 7 heteroatoms. The Kier molecular flexibility index (Phi) is 5.72. The molecule has 2 heterocycles. The van der Waals surface area contributed by atoms with E-state index in [1.807, 2.05) is 19.9 Å². The molecule has 0 radical (unpaired) electrons. The Hall–Kier alpha value is -4.00. The molecule has 0 spiro atoms. The van der Waals surface area contributed by atoms with Gasteiger partial charge in [0.2, 0.25) is 0 Å². The number of rotatable bonds is 5. The molecular formula is C26H23FN2O4. The quantitative estimate of drug-likeness (QED) is 0.403. The lowest BCUT2D eigenvalue weighted by molar-refractivity contribution is 0.0691. The molecule has 1 atom stereocenters. The summed E-state index contributed by atoms with van der Waals surface area (Å²) in [6, 6.07) is 12.7. The predicted molar refractivity (Wildman–Crippen MR) is 125 cm³/mol. The molecule has 33 heavy (non-hydrogen) atoms. The molecule has 4 rings (SSSR count). The summed E-state index contributed by atoms with van der Waals surface area (Å²) in [7, 11) is 0. The van der Waals surface area contributed by atoms with Gasteiger partial charge in [0.05, 0.1) is 22.7 Å². The number of aromatic nitrogens is 1. The lowest BCUT2D eigenvalue weighted by Gasteiger charge is -2.20. The van der Waals surface area contributed by atoms with Crippen molar-refractivity contribution in [3.63, 3.8) is 0 Å². The van der Waals surface area contributed by atoms with Crippen LogP contribution in [-0.4, -0.2) is 16.1 Å². The molecule has 168 valence electrons. The van der Waals surface area contributed by atoms with E-state index < -0.39 is 17.8 Å². The van der Waals surface area contributed by atoms with Crippen LogP contribution in [0, 0.1) is 26.6 Å². The fourth-order valence-electron chi connectivity index (χ4n) is 3.94. The van der Waals surface area contributed by atoms with Crippen molar-refractivity contribution in [2.24, 2.45) is 0 Å². The zero-order valence-corrected chi connectivity index (χ0v) is 18.7. The number of hydrogen-bond donors (Lipinski definition) is 2. The van der Waals surface area contributed by atoms with Gasteiger partial charge in [0.25, 0.3) is 0 Å². The zero-order valence-electron chi connectivity index (χ0n) is 18.7. The van der Waals surface area contributed by atoms with Gasteiger partial charge in [-0.2, -0.15) is 0 Å². The standard InChI is InChI=1S/C26H23FN2O4/c1-13-11-18(16(4)29-21-10-9-14(2)28-22(21)26(31)32)25-19(12-13)23(30)15(3)24(33-25)17-7-5-6-8-20(17)27/h5-12,16,29H,1-4H3,(H,31,32). The van der Waals surface area contributed by atoms with Crippen LogP contribution in [0.2, 0.25) is 0 Å². The topological polar surface area (TPSA) is 92.4 Å². The van der Waals surface area contributed by atoms with E-state index in [-0.39, 0.29) is 22.4 Å². The van der Waals surface area contributed by atoms with Crippen molar-refractivity contribution in [1.29, 1.82) is 0 Å². The Morgan fingerprint density at radius 3 is 2.55 bits per heavy atom. The summed E-state index contributed by atoms with van der Waals surface area (Å²) in [6.07, 6.45) is 0. The molecule has 6 nitrogen and oxygen atoms in total. The third-order valence-corrected chi connectivity index (χ3v) is 5.59. The summed E-state index contributed by atoms with van der Waals surface area (Å²) < 4.78 is 20.7. The minimum Gasteiger partial charge on any atom is -0.476 e. The average molecular weight is 446 g/mol. The molecule has 4 aromatic rings. The van der Waals surface area contributed by atoms with Crippen LogP contribution in [-0.2, 0) is 0 Å². The number of pyridine rings is 1. The number of aromatic carboxylic acids is 1. The maximum Gasteiger partial charge on any atom is 0.356 e. The first-order valence-electron chi connectivity index (χ1n) is 10.5. The van der Waals surface area contributed by atoms with Crippen LogP contribution in [0.4, 0.5) is 10.1 Å². The summed E-state index contributed by atoms with van der Waals surface area (Å²) in [5.41, 5.74) is 2.94. The molecule has 2 N–H and O–H groups in total. The van der Waals surface area contributed by atoms with E-state index in [4.69, 9.17) is 4.42 Å². The van der Waals surface area contributed by atoms with E-state index in [0.29, 0.717) is 33.5 Å². The average Bonchev–Trinajstić information content (AvgIpc) is 2.77. The summed E-state index contributed by atoms with van der Waals surface area (Å²) in [6.45, 7) is 7.04. The Balaban J connectivity index is 1.90. The van der Waals surface area contributed by atoms with Crippen molar-refractivity contribution in [2.75, 3.05) is 5.32 Å². The van der Waals surface area contributed by atoms with Gasteiger partial charge in [0, 0.05) is 16.8 Å². The lowest BCUT2D eigenvalue weighted by Crippen LogP contribution is -2.15. The number of fused-ring (bicyclic) bond motifs is 1. The van der Waals surface area contributed by atoms with Gasteiger partial charge in [-0.3, -0.25) is 4.79 Å². The Bertz CT molecular complexity index is 1460. The molecule has 2 aromatic heterocycles. The van der Waals surface area contributed by atoms with E-state index in [1.165, 1.54) is 6.07 Å². The molecule has 0 amide bonds. The van der Waals surface area contributed by atoms with Gasteiger partial charge in [-0.15, -0.1) is 0 Å². The molecule has 0 aliphatic rings. The maximum absolute atomic E-state index is 14.5. The van der Waals surface area contributed by atoms with E-state index in [2.05, 4.69) is 10.3 Å². The van der Waals surface area contributed by atoms with Gasteiger partial charge in [-0.25, -0.2) is 14.2 Å². The van der Waals surface area contributed by atoms with Gasteiger partial charge in [-0.05, 0) is 63.6 Å². The van der Waals surface area contributed by atoms with Crippen molar-refractivity contribution in [3.05, 3.63) is 92.6 Å². The van der Waals surface area contributed by atoms with E-state index >= 15 is 0 Å². The van der Waals surface area contributed by atoms with Crippen LogP contribution < -0.4 is 10.7 Å². The minimum atomic E-state index is -1.15. The van der Waals surface area contributed by atoms with Gasteiger partial charge in [-0.1, -0.05) is 18.2 Å². The Morgan fingerprint density at radius 2 is 1.85 bits per heavy atom. The number of halogens is 1. The molecule has 0 fully saturated rings. The molecule has 2 aromatic carbocycles. The Labute approximate surface area is 189 Å². The predicted octanol–water partition coefficient (Wildman–Crippen LogP) is 5.79.